The van der Waals surface area contributed by atoms with Crippen LogP contribution < -0.4 is 15.2 Å². The number of ether oxygens (including phenoxy) is 1. The topological polar surface area (TPSA) is 64.4 Å². The van der Waals surface area contributed by atoms with Crippen LogP contribution in [0.5, 0.6) is 5.75 Å². The normalized spacial score (nSPS) is 15.1. The van der Waals surface area contributed by atoms with Crippen molar-refractivity contribution in [2.75, 3.05) is 12.0 Å². The Morgan fingerprint density at radius 1 is 1.13 bits per heavy atom. The fourth-order valence-electron chi connectivity index (χ4n) is 3.99. The molecule has 3 aromatic rings. The van der Waals surface area contributed by atoms with Crippen molar-refractivity contribution in [2.24, 2.45) is 0 Å². The molecule has 1 amide bonds. The van der Waals surface area contributed by atoms with E-state index in [1.54, 1.807) is 13.2 Å². The molecule has 0 saturated carbocycles. The van der Waals surface area contributed by atoms with Crippen molar-refractivity contribution in [1.29, 1.82) is 0 Å². The zero-order valence-corrected chi connectivity index (χ0v) is 17.2. The first-order valence-electron chi connectivity index (χ1n) is 10.2. The first-order chi connectivity index (χ1) is 14.6. The lowest BCUT2D eigenvalue weighted by molar-refractivity contribution is -0.119. The lowest BCUT2D eigenvalue weighted by Gasteiger charge is -2.22. The molecule has 1 aliphatic heterocycles. The molecule has 6 nitrogen and oxygen atoms in total. The van der Waals surface area contributed by atoms with E-state index in [2.05, 4.69) is 18.1 Å². The number of carbonyl (C=O) groups is 1. The van der Waals surface area contributed by atoms with Gasteiger partial charge in [-0.25, -0.2) is 4.68 Å². The Balaban J connectivity index is 1.44. The number of carbonyl (C=O) groups excluding carboxylic acids is 1. The summed E-state index contributed by atoms with van der Waals surface area (Å²) in [7, 11) is 1.62. The van der Waals surface area contributed by atoms with Crippen molar-refractivity contribution in [3.8, 4) is 17.0 Å². The van der Waals surface area contributed by atoms with Gasteiger partial charge in [-0.15, -0.1) is 0 Å². The molecule has 1 unspecified atom stereocenters. The number of benzene rings is 2. The Morgan fingerprint density at radius 3 is 2.80 bits per heavy atom. The summed E-state index contributed by atoms with van der Waals surface area (Å²) in [4.78, 5) is 27.0. The standard InChI is InChI=1S/C24H25N3O3/c1-17-15-19-7-3-4-10-22(19)27(17)24(29)11-6-14-26-23(28)13-12-21(25-26)18-8-5-9-20(16-18)30-2/h3-5,7-10,12-13,16-17H,6,11,14-15H2,1-2H3. The number of amides is 1. The van der Waals surface area contributed by atoms with Gasteiger partial charge in [-0.05, 0) is 49.6 Å². The van der Waals surface area contributed by atoms with Crippen molar-refractivity contribution in [2.45, 2.75) is 38.8 Å². The first kappa shape index (κ1) is 19.9. The van der Waals surface area contributed by atoms with Gasteiger partial charge >= 0.3 is 0 Å². The molecule has 0 radical (unpaired) electrons. The molecule has 0 spiro atoms. The molecule has 0 fully saturated rings. The summed E-state index contributed by atoms with van der Waals surface area (Å²) in [6, 6.07) is 19.0. The van der Waals surface area contributed by atoms with Crippen LogP contribution in [-0.4, -0.2) is 28.8 Å². The molecule has 6 heteroatoms. The highest BCUT2D eigenvalue weighted by atomic mass is 16.5. The van der Waals surface area contributed by atoms with E-state index >= 15 is 0 Å². The van der Waals surface area contributed by atoms with Crippen molar-refractivity contribution in [3.05, 3.63) is 76.6 Å². The summed E-state index contributed by atoms with van der Waals surface area (Å²) >= 11 is 0. The molecule has 2 aromatic carbocycles. The molecule has 4 rings (SSSR count). The largest absolute Gasteiger partial charge is 0.497 e. The maximum absolute atomic E-state index is 12.9. The fraction of sp³-hybridized carbons (Fsp3) is 0.292. The van der Waals surface area contributed by atoms with Gasteiger partial charge in [0.05, 0.1) is 12.8 Å². The van der Waals surface area contributed by atoms with E-state index in [1.165, 1.54) is 16.3 Å². The fourth-order valence-corrected chi connectivity index (χ4v) is 3.99. The number of rotatable bonds is 6. The summed E-state index contributed by atoms with van der Waals surface area (Å²) in [5.74, 6) is 0.821. The minimum absolute atomic E-state index is 0.0875. The van der Waals surface area contributed by atoms with Gasteiger partial charge in [0.2, 0.25) is 5.91 Å². The van der Waals surface area contributed by atoms with E-state index in [0.29, 0.717) is 25.1 Å². The van der Waals surface area contributed by atoms with Gasteiger partial charge in [0.15, 0.2) is 0 Å². The van der Waals surface area contributed by atoms with Gasteiger partial charge in [-0.3, -0.25) is 9.59 Å². The van der Waals surface area contributed by atoms with Gasteiger partial charge in [-0.1, -0.05) is 30.3 Å². The number of methoxy groups -OCH3 is 1. The Kier molecular flexibility index (Phi) is 5.65. The molecule has 154 valence electrons. The predicted octanol–water partition coefficient (Wildman–Crippen LogP) is 3.68. The zero-order chi connectivity index (χ0) is 21.1. The van der Waals surface area contributed by atoms with E-state index in [1.807, 2.05) is 47.4 Å². The van der Waals surface area contributed by atoms with Gasteiger partial charge in [0.25, 0.3) is 5.56 Å². The second-order valence-electron chi connectivity index (χ2n) is 7.56. The minimum Gasteiger partial charge on any atom is -0.497 e. The predicted molar refractivity (Wildman–Crippen MR) is 117 cm³/mol. The van der Waals surface area contributed by atoms with Gasteiger partial charge < -0.3 is 9.64 Å². The monoisotopic (exact) mass is 403 g/mol. The van der Waals surface area contributed by atoms with Crippen LogP contribution in [0.2, 0.25) is 0 Å². The summed E-state index contributed by atoms with van der Waals surface area (Å²) in [6.45, 7) is 2.47. The zero-order valence-electron chi connectivity index (χ0n) is 17.2. The SMILES string of the molecule is COc1cccc(-c2ccc(=O)n(CCCC(=O)N3c4ccccc4CC3C)n2)c1. The molecule has 0 aliphatic carbocycles. The summed E-state index contributed by atoms with van der Waals surface area (Å²) in [5.41, 5.74) is 3.62. The summed E-state index contributed by atoms with van der Waals surface area (Å²) in [5, 5.41) is 4.49. The highest BCUT2D eigenvalue weighted by molar-refractivity contribution is 5.96. The molecule has 1 aliphatic rings. The quantitative estimate of drug-likeness (QED) is 0.630. The van der Waals surface area contributed by atoms with Crippen LogP contribution in [-0.2, 0) is 17.8 Å². The Hall–Kier alpha value is -3.41. The molecule has 30 heavy (non-hydrogen) atoms. The average Bonchev–Trinajstić information content (AvgIpc) is 3.10. The number of aryl methyl sites for hydroxylation is 1. The maximum atomic E-state index is 12.9. The minimum atomic E-state index is -0.172. The van der Waals surface area contributed by atoms with Crippen LogP contribution in [0.3, 0.4) is 0 Å². The maximum Gasteiger partial charge on any atom is 0.266 e. The van der Waals surface area contributed by atoms with Crippen molar-refractivity contribution in [1.82, 2.24) is 9.78 Å². The second kappa shape index (κ2) is 8.53. The Labute approximate surface area is 175 Å². The molecule has 0 bridgehead atoms. The Morgan fingerprint density at radius 2 is 1.97 bits per heavy atom. The summed E-state index contributed by atoms with van der Waals surface area (Å²) < 4.78 is 6.70. The molecular weight excluding hydrogens is 378 g/mol. The number of hydrogen-bond acceptors (Lipinski definition) is 4. The summed E-state index contributed by atoms with van der Waals surface area (Å²) in [6.07, 6.45) is 1.81. The van der Waals surface area contributed by atoms with E-state index < -0.39 is 0 Å². The Bertz CT molecular complexity index is 1120. The molecule has 1 aromatic heterocycles. The molecule has 0 N–H and O–H groups in total. The average molecular weight is 403 g/mol. The number of hydrogen-bond donors (Lipinski definition) is 0. The van der Waals surface area contributed by atoms with Crippen LogP contribution in [0.15, 0.2) is 65.5 Å². The van der Waals surface area contributed by atoms with Crippen LogP contribution in [0.1, 0.15) is 25.3 Å². The third-order valence-electron chi connectivity index (χ3n) is 5.47. The van der Waals surface area contributed by atoms with E-state index in [9.17, 15) is 9.59 Å². The van der Waals surface area contributed by atoms with Gasteiger partial charge in [-0.2, -0.15) is 5.10 Å². The van der Waals surface area contributed by atoms with Crippen LogP contribution in [0, 0.1) is 0 Å². The highest BCUT2D eigenvalue weighted by Gasteiger charge is 2.29. The van der Waals surface area contributed by atoms with Gasteiger partial charge in [0, 0.05) is 36.3 Å². The molecule has 0 saturated heterocycles. The smallest absolute Gasteiger partial charge is 0.266 e. The molecule has 2 heterocycles. The van der Waals surface area contributed by atoms with E-state index in [4.69, 9.17) is 4.74 Å². The highest BCUT2D eigenvalue weighted by Crippen LogP contribution is 2.32. The van der Waals surface area contributed by atoms with Crippen LogP contribution >= 0.6 is 0 Å². The lowest BCUT2D eigenvalue weighted by atomic mass is 10.1. The number of nitrogens with zero attached hydrogens (tertiary/aromatic N) is 3. The number of aromatic nitrogens is 2. The first-order valence-corrected chi connectivity index (χ1v) is 10.2. The third-order valence-corrected chi connectivity index (χ3v) is 5.47. The van der Waals surface area contributed by atoms with E-state index in [-0.39, 0.29) is 17.5 Å². The lowest BCUT2D eigenvalue weighted by Crippen LogP contribution is -2.35. The third kappa shape index (κ3) is 3.99. The van der Waals surface area contributed by atoms with Gasteiger partial charge in [0.1, 0.15) is 5.75 Å². The number of para-hydroxylation sites is 1. The number of fused-ring (bicyclic) bond motifs is 1. The van der Waals surface area contributed by atoms with E-state index in [0.717, 1.165) is 23.4 Å². The van der Waals surface area contributed by atoms with Crippen molar-refractivity contribution < 1.29 is 9.53 Å². The molecule has 1 atom stereocenters. The van der Waals surface area contributed by atoms with Crippen molar-refractivity contribution in [3.63, 3.8) is 0 Å². The molecular formula is C24H25N3O3. The number of anilines is 1. The van der Waals surface area contributed by atoms with Crippen LogP contribution in [0.4, 0.5) is 5.69 Å². The van der Waals surface area contributed by atoms with Crippen LogP contribution in [0.25, 0.3) is 11.3 Å². The van der Waals surface area contributed by atoms with Crippen molar-refractivity contribution >= 4 is 11.6 Å². The second-order valence-corrected chi connectivity index (χ2v) is 7.56.